The molecule has 0 aliphatic carbocycles. The molecule has 5 unspecified atom stereocenters. The zero-order valence-corrected chi connectivity index (χ0v) is 17.1. The molecule has 1 saturated heterocycles. The molecule has 1 aliphatic rings. The summed E-state index contributed by atoms with van der Waals surface area (Å²) in [4.78, 5) is 0. The average Bonchev–Trinajstić information content (AvgIpc) is 2.72. The Labute approximate surface area is 162 Å². The predicted molar refractivity (Wildman–Crippen MR) is 106 cm³/mol. The molecular formula is C19H36N2O6. The Bertz CT molecular complexity index is 515. The standard InChI is InChI=1S/C15H24N2O6.2C2H6/c1-3-8-4-5-10(9(6-8)17-16-2)22-15-14(21)13(20)12(19)11(7-18)23-15;2*1-2/h4-6,11-21H,3,7H2,1-2H3;2*1-2H3. The molecule has 8 heteroatoms. The molecule has 6 N–H and O–H groups in total. The number of hydrogen-bond donors (Lipinski definition) is 6. The third-order valence-corrected chi connectivity index (χ3v) is 3.80. The number of hydrogen-bond acceptors (Lipinski definition) is 8. The Morgan fingerprint density at radius 1 is 1.04 bits per heavy atom. The summed E-state index contributed by atoms with van der Waals surface area (Å²) in [5.74, 6) is 0.404. The lowest BCUT2D eigenvalue weighted by atomic mass is 9.99. The van der Waals surface area contributed by atoms with Crippen molar-refractivity contribution in [3.63, 3.8) is 0 Å². The lowest BCUT2D eigenvalue weighted by Crippen LogP contribution is -2.60. The second-order valence-electron chi connectivity index (χ2n) is 5.37. The minimum absolute atomic E-state index is 0.404. The summed E-state index contributed by atoms with van der Waals surface area (Å²) in [6, 6.07) is 5.48. The van der Waals surface area contributed by atoms with Crippen molar-refractivity contribution in [3.05, 3.63) is 23.8 Å². The molecule has 0 amide bonds. The van der Waals surface area contributed by atoms with Gasteiger partial charge in [0.15, 0.2) is 0 Å². The normalized spacial score (nSPS) is 26.8. The molecular weight excluding hydrogens is 352 g/mol. The smallest absolute Gasteiger partial charge is 0.229 e. The van der Waals surface area contributed by atoms with Gasteiger partial charge in [-0.3, -0.25) is 0 Å². The van der Waals surface area contributed by atoms with E-state index in [2.05, 4.69) is 10.9 Å². The molecule has 2 rings (SSSR count). The van der Waals surface area contributed by atoms with E-state index in [0.29, 0.717) is 11.4 Å². The van der Waals surface area contributed by atoms with Gasteiger partial charge in [0.2, 0.25) is 6.29 Å². The Balaban J connectivity index is 0.00000158. The fourth-order valence-electron chi connectivity index (χ4n) is 2.42. The highest BCUT2D eigenvalue weighted by Crippen LogP contribution is 2.30. The van der Waals surface area contributed by atoms with Crippen LogP contribution >= 0.6 is 0 Å². The van der Waals surface area contributed by atoms with E-state index in [1.54, 1.807) is 13.1 Å². The van der Waals surface area contributed by atoms with Crippen LogP contribution in [0.15, 0.2) is 18.2 Å². The highest BCUT2D eigenvalue weighted by molar-refractivity contribution is 5.57. The zero-order valence-electron chi connectivity index (χ0n) is 17.1. The summed E-state index contributed by atoms with van der Waals surface area (Å²) in [6.07, 6.45) is -5.70. The van der Waals surface area contributed by atoms with Gasteiger partial charge < -0.3 is 35.3 Å². The molecule has 0 aromatic heterocycles. The van der Waals surface area contributed by atoms with E-state index in [1.165, 1.54) is 0 Å². The maximum Gasteiger partial charge on any atom is 0.229 e. The number of aliphatic hydroxyl groups excluding tert-OH is 4. The molecule has 1 fully saturated rings. The summed E-state index contributed by atoms with van der Waals surface area (Å²) >= 11 is 0. The molecule has 8 nitrogen and oxygen atoms in total. The van der Waals surface area contributed by atoms with E-state index in [-0.39, 0.29) is 0 Å². The lowest BCUT2D eigenvalue weighted by molar-refractivity contribution is -0.277. The largest absolute Gasteiger partial charge is 0.460 e. The van der Waals surface area contributed by atoms with Crippen LogP contribution in [0.25, 0.3) is 0 Å². The maximum atomic E-state index is 10.0. The number of ether oxygens (including phenoxy) is 2. The summed E-state index contributed by atoms with van der Waals surface area (Å²) in [7, 11) is 1.70. The number of aliphatic hydroxyl groups is 4. The summed E-state index contributed by atoms with van der Waals surface area (Å²) < 4.78 is 11.0. The van der Waals surface area contributed by atoms with E-state index in [9.17, 15) is 20.4 Å². The molecule has 1 aliphatic heterocycles. The first-order valence-electron chi connectivity index (χ1n) is 9.54. The molecule has 0 radical (unpaired) electrons. The maximum absolute atomic E-state index is 10.0. The molecule has 1 heterocycles. The zero-order chi connectivity index (χ0) is 21.0. The van der Waals surface area contributed by atoms with Crippen molar-refractivity contribution in [2.24, 2.45) is 0 Å². The number of hydrazine groups is 1. The van der Waals surface area contributed by atoms with Crippen LogP contribution in [0.2, 0.25) is 0 Å². The number of nitrogens with one attached hydrogen (secondary N) is 2. The fraction of sp³-hybridized carbons (Fsp3) is 0.684. The third kappa shape index (κ3) is 6.91. The van der Waals surface area contributed by atoms with Gasteiger partial charge in [0.1, 0.15) is 30.2 Å². The predicted octanol–water partition coefficient (Wildman–Crippen LogP) is 1.03. The molecule has 1 aromatic rings. The van der Waals surface area contributed by atoms with Gasteiger partial charge in [0.25, 0.3) is 0 Å². The van der Waals surface area contributed by atoms with Crippen LogP contribution in [0.3, 0.4) is 0 Å². The molecule has 5 atom stereocenters. The van der Waals surface area contributed by atoms with Gasteiger partial charge in [-0.1, -0.05) is 40.7 Å². The van der Waals surface area contributed by atoms with Gasteiger partial charge in [-0.2, -0.15) is 0 Å². The molecule has 158 valence electrons. The first-order chi connectivity index (χ1) is 13.0. The fourth-order valence-corrected chi connectivity index (χ4v) is 2.42. The van der Waals surface area contributed by atoms with E-state index in [0.717, 1.165) is 12.0 Å². The Hall–Kier alpha value is -1.42. The van der Waals surface area contributed by atoms with Crippen LogP contribution in [-0.2, 0) is 11.2 Å². The molecule has 0 spiro atoms. The Morgan fingerprint density at radius 3 is 2.19 bits per heavy atom. The Morgan fingerprint density at radius 2 is 1.67 bits per heavy atom. The van der Waals surface area contributed by atoms with Gasteiger partial charge in [0.05, 0.1) is 12.3 Å². The Kier molecular flexibility index (Phi) is 13.0. The highest BCUT2D eigenvalue weighted by atomic mass is 16.7. The molecule has 0 saturated carbocycles. The first-order valence-corrected chi connectivity index (χ1v) is 9.54. The van der Waals surface area contributed by atoms with E-state index in [1.807, 2.05) is 46.8 Å². The van der Waals surface area contributed by atoms with Gasteiger partial charge in [-0.05, 0) is 24.1 Å². The average molecular weight is 389 g/mol. The minimum atomic E-state index is -1.47. The van der Waals surface area contributed by atoms with Crippen LogP contribution in [-0.4, -0.2) is 64.8 Å². The van der Waals surface area contributed by atoms with Crippen molar-refractivity contribution < 1.29 is 29.9 Å². The lowest BCUT2D eigenvalue weighted by Gasteiger charge is -2.39. The van der Waals surface area contributed by atoms with Crippen LogP contribution in [0.5, 0.6) is 5.75 Å². The van der Waals surface area contributed by atoms with Crippen molar-refractivity contribution in [1.82, 2.24) is 5.43 Å². The van der Waals surface area contributed by atoms with Gasteiger partial charge in [0, 0.05) is 7.05 Å². The number of anilines is 1. The van der Waals surface area contributed by atoms with E-state index < -0.39 is 37.3 Å². The summed E-state index contributed by atoms with van der Waals surface area (Å²) in [6.45, 7) is 9.53. The first kappa shape index (κ1) is 25.6. The third-order valence-electron chi connectivity index (χ3n) is 3.80. The molecule has 1 aromatic carbocycles. The quantitative estimate of drug-likeness (QED) is 0.399. The van der Waals surface area contributed by atoms with Crippen molar-refractivity contribution in [2.75, 3.05) is 19.1 Å². The van der Waals surface area contributed by atoms with E-state index >= 15 is 0 Å². The van der Waals surface area contributed by atoms with Crippen molar-refractivity contribution in [1.29, 1.82) is 0 Å². The summed E-state index contributed by atoms with van der Waals surface area (Å²) in [5, 5.41) is 38.8. The van der Waals surface area contributed by atoms with E-state index in [4.69, 9.17) is 9.47 Å². The summed E-state index contributed by atoms with van der Waals surface area (Å²) in [5.41, 5.74) is 7.45. The molecule has 27 heavy (non-hydrogen) atoms. The SMILES string of the molecule is CC.CC.CCc1ccc(OC2OC(CO)C(O)C(O)C2O)c(NNC)c1. The number of rotatable bonds is 6. The second kappa shape index (κ2) is 13.7. The highest BCUT2D eigenvalue weighted by Gasteiger charge is 2.44. The minimum Gasteiger partial charge on any atom is -0.460 e. The molecule has 0 bridgehead atoms. The van der Waals surface area contributed by atoms with Gasteiger partial charge in [-0.25, -0.2) is 5.43 Å². The van der Waals surface area contributed by atoms with Crippen molar-refractivity contribution in [3.8, 4) is 5.75 Å². The van der Waals surface area contributed by atoms with Crippen LogP contribution in [0, 0.1) is 0 Å². The monoisotopic (exact) mass is 388 g/mol. The van der Waals surface area contributed by atoms with Crippen LogP contribution in [0.1, 0.15) is 40.2 Å². The van der Waals surface area contributed by atoms with Gasteiger partial charge in [-0.15, -0.1) is 0 Å². The van der Waals surface area contributed by atoms with Crippen molar-refractivity contribution >= 4 is 5.69 Å². The van der Waals surface area contributed by atoms with Crippen molar-refractivity contribution in [2.45, 2.75) is 71.7 Å². The second-order valence-corrected chi connectivity index (χ2v) is 5.37. The van der Waals surface area contributed by atoms with Crippen LogP contribution in [0.4, 0.5) is 5.69 Å². The van der Waals surface area contributed by atoms with Crippen LogP contribution < -0.4 is 15.6 Å². The van der Waals surface area contributed by atoms with Gasteiger partial charge >= 0.3 is 0 Å². The number of benzene rings is 1. The topological polar surface area (TPSA) is 123 Å². The number of aryl methyl sites for hydroxylation is 1.